The molecule has 0 aromatic heterocycles. The summed E-state index contributed by atoms with van der Waals surface area (Å²) in [5.74, 6) is 1.29. The lowest BCUT2D eigenvalue weighted by atomic mass is 9.71. The highest BCUT2D eigenvalue weighted by atomic mass is 16.5. The number of fused-ring (bicyclic) bond motifs is 3. The highest BCUT2D eigenvalue weighted by Gasteiger charge is 2.61. The molecule has 2 fully saturated rings. The van der Waals surface area contributed by atoms with E-state index in [2.05, 4.69) is 23.1 Å². The molecule has 6 heteroatoms. The average Bonchev–Trinajstić information content (AvgIpc) is 3.18. The molecule has 2 heterocycles. The van der Waals surface area contributed by atoms with Gasteiger partial charge in [0.2, 0.25) is 0 Å². The van der Waals surface area contributed by atoms with Crippen molar-refractivity contribution in [3.8, 4) is 23.6 Å². The van der Waals surface area contributed by atoms with Gasteiger partial charge < -0.3 is 14.4 Å². The van der Waals surface area contributed by atoms with Gasteiger partial charge in [-0.2, -0.15) is 10.5 Å². The Bertz CT molecular complexity index is 1220. The SMILES string of the molecule is COc1cccc(C2C(=NC3CCCCC3)N3c4ccccc4C=CC3C2(C#N)C#N)c1OC. The molecule has 0 bridgehead atoms. The van der Waals surface area contributed by atoms with E-state index in [4.69, 9.17) is 14.5 Å². The molecule has 34 heavy (non-hydrogen) atoms. The van der Waals surface area contributed by atoms with Crippen LogP contribution in [0.4, 0.5) is 5.69 Å². The van der Waals surface area contributed by atoms with Crippen LogP contribution < -0.4 is 14.4 Å². The first-order valence-corrected chi connectivity index (χ1v) is 11.9. The molecule has 0 amide bonds. The predicted octanol–water partition coefficient (Wildman–Crippen LogP) is 5.47. The van der Waals surface area contributed by atoms with Gasteiger partial charge in [-0.1, -0.05) is 61.7 Å². The Balaban J connectivity index is 1.79. The third kappa shape index (κ3) is 3.25. The molecule has 2 atom stereocenters. The van der Waals surface area contributed by atoms with Crippen LogP contribution >= 0.6 is 0 Å². The smallest absolute Gasteiger partial charge is 0.181 e. The molecule has 2 aromatic carbocycles. The Morgan fingerprint density at radius 3 is 2.44 bits per heavy atom. The highest BCUT2D eigenvalue weighted by molar-refractivity contribution is 6.10. The number of rotatable bonds is 4. The van der Waals surface area contributed by atoms with Crippen molar-refractivity contribution in [2.45, 2.75) is 50.1 Å². The van der Waals surface area contributed by atoms with Crippen LogP contribution in [0.2, 0.25) is 0 Å². The van der Waals surface area contributed by atoms with Crippen molar-refractivity contribution in [1.82, 2.24) is 0 Å². The van der Waals surface area contributed by atoms with Crippen molar-refractivity contribution >= 4 is 17.6 Å². The monoisotopic (exact) mass is 452 g/mol. The highest BCUT2D eigenvalue weighted by Crippen LogP contribution is 2.55. The summed E-state index contributed by atoms with van der Waals surface area (Å²) in [6.45, 7) is 0. The number of anilines is 1. The Morgan fingerprint density at radius 2 is 1.74 bits per heavy atom. The summed E-state index contributed by atoms with van der Waals surface area (Å²) in [5, 5.41) is 21.2. The number of amidine groups is 1. The lowest BCUT2D eigenvalue weighted by Crippen LogP contribution is -2.40. The number of nitrogens with zero attached hydrogens (tertiary/aromatic N) is 4. The number of para-hydroxylation sites is 2. The first-order chi connectivity index (χ1) is 16.7. The largest absolute Gasteiger partial charge is 0.493 e. The Morgan fingerprint density at radius 1 is 0.971 bits per heavy atom. The number of hydrogen-bond donors (Lipinski definition) is 0. The van der Waals surface area contributed by atoms with Gasteiger partial charge in [-0.15, -0.1) is 0 Å². The second kappa shape index (κ2) is 8.88. The van der Waals surface area contributed by atoms with Crippen LogP contribution in [0.5, 0.6) is 11.5 Å². The number of hydrogen-bond acceptors (Lipinski definition) is 5. The van der Waals surface area contributed by atoms with Crippen LogP contribution in [0.25, 0.3) is 6.08 Å². The lowest BCUT2D eigenvalue weighted by Gasteiger charge is -2.32. The van der Waals surface area contributed by atoms with Crippen molar-refractivity contribution in [2.75, 3.05) is 19.1 Å². The van der Waals surface area contributed by atoms with Gasteiger partial charge in [0, 0.05) is 5.56 Å². The molecule has 0 radical (unpaired) electrons. The Kier molecular flexibility index (Phi) is 5.75. The minimum atomic E-state index is -1.38. The third-order valence-corrected chi connectivity index (χ3v) is 7.36. The molecule has 5 rings (SSSR count). The zero-order chi connectivity index (χ0) is 23.7. The zero-order valence-electron chi connectivity index (χ0n) is 19.6. The van der Waals surface area contributed by atoms with Crippen LogP contribution in [0.3, 0.4) is 0 Å². The number of aliphatic imine (C=N–C) groups is 1. The Hall–Kier alpha value is -3.77. The summed E-state index contributed by atoms with van der Waals surface area (Å²) in [5.41, 5.74) is 1.40. The molecular formula is C28H28N4O2. The van der Waals surface area contributed by atoms with Gasteiger partial charge in [-0.05, 0) is 30.5 Å². The number of ether oxygens (including phenoxy) is 2. The van der Waals surface area contributed by atoms with Gasteiger partial charge in [0.05, 0.1) is 50.0 Å². The van der Waals surface area contributed by atoms with Crippen molar-refractivity contribution in [1.29, 1.82) is 10.5 Å². The second-order valence-electron chi connectivity index (χ2n) is 9.12. The molecule has 1 aliphatic carbocycles. The van der Waals surface area contributed by atoms with Crippen molar-refractivity contribution in [3.63, 3.8) is 0 Å². The first kappa shape index (κ1) is 22.0. The number of nitriles is 2. The first-order valence-electron chi connectivity index (χ1n) is 11.9. The van der Waals surface area contributed by atoms with Gasteiger partial charge in [0.25, 0.3) is 0 Å². The summed E-state index contributed by atoms with van der Waals surface area (Å²) in [6.07, 6.45) is 9.57. The molecule has 6 nitrogen and oxygen atoms in total. The van der Waals surface area contributed by atoms with Crippen LogP contribution in [0.1, 0.15) is 49.1 Å². The topological polar surface area (TPSA) is 81.6 Å². The van der Waals surface area contributed by atoms with Crippen molar-refractivity contribution in [2.24, 2.45) is 10.4 Å². The van der Waals surface area contributed by atoms with E-state index in [1.54, 1.807) is 14.2 Å². The van der Waals surface area contributed by atoms with Gasteiger partial charge in [0.1, 0.15) is 5.84 Å². The van der Waals surface area contributed by atoms with Crippen LogP contribution in [0.15, 0.2) is 53.5 Å². The molecule has 0 spiro atoms. The summed E-state index contributed by atoms with van der Waals surface area (Å²) in [4.78, 5) is 7.43. The van der Waals surface area contributed by atoms with Crippen LogP contribution in [-0.2, 0) is 0 Å². The van der Waals surface area contributed by atoms with E-state index in [9.17, 15) is 10.5 Å². The molecule has 1 saturated heterocycles. The van der Waals surface area contributed by atoms with Crippen molar-refractivity contribution in [3.05, 3.63) is 59.7 Å². The maximum atomic E-state index is 10.6. The molecule has 2 aliphatic heterocycles. The lowest BCUT2D eigenvalue weighted by molar-refractivity contribution is 0.347. The Labute approximate surface area is 200 Å². The average molecular weight is 453 g/mol. The maximum Gasteiger partial charge on any atom is 0.181 e. The molecule has 3 aliphatic rings. The van der Waals surface area contributed by atoms with E-state index >= 15 is 0 Å². The summed E-state index contributed by atoms with van der Waals surface area (Å²) >= 11 is 0. The van der Waals surface area contributed by atoms with E-state index in [0.29, 0.717) is 11.5 Å². The normalized spacial score (nSPS) is 24.1. The predicted molar refractivity (Wildman–Crippen MR) is 132 cm³/mol. The minimum absolute atomic E-state index is 0.176. The molecular weight excluding hydrogens is 424 g/mol. The van der Waals surface area contributed by atoms with Crippen LogP contribution in [0, 0.1) is 28.1 Å². The fourth-order valence-corrected chi connectivity index (χ4v) is 5.76. The molecule has 2 unspecified atom stereocenters. The fraction of sp³-hybridized carbons (Fsp3) is 0.393. The molecule has 1 saturated carbocycles. The van der Waals surface area contributed by atoms with Gasteiger partial charge in [-0.25, -0.2) is 0 Å². The number of methoxy groups -OCH3 is 2. The standard InChI is InChI=1S/C28H28N4O2/c1-33-23-14-8-12-21(26(23)34-2)25-27(31-20-10-4-3-5-11-20)32-22-13-7-6-9-19(22)15-16-24(32)28(25,17-29)18-30/h6-9,12-16,20,24-25H,3-5,10-11H2,1-2H3. The van der Waals surface area contributed by atoms with E-state index in [1.165, 1.54) is 6.42 Å². The molecule has 172 valence electrons. The van der Waals surface area contributed by atoms with Crippen molar-refractivity contribution < 1.29 is 9.47 Å². The summed E-state index contributed by atoms with van der Waals surface area (Å²) < 4.78 is 11.4. The second-order valence-corrected chi connectivity index (χ2v) is 9.12. The van der Waals surface area contributed by atoms with Gasteiger partial charge in [-0.3, -0.25) is 4.99 Å². The number of benzene rings is 2. The van der Waals surface area contributed by atoms with E-state index in [-0.39, 0.29) is 6.04 Å². The van der Waals surface area contributed by atoms with E-state index < -0.39 is 17.4 Å². The zero-order valence-corrected chi connectivity index (χ0v) is 19.6. The summed E-state index contributed by atoms with van der Waals surface area (Å²) in [6, 6.07) is 18.3. The summed E-state index contributed by atoms with van der Waals surface area (Å²) in [7, 11) is 3.19. The van der Waals surface area contributed by atoms with E-state index in [1.807, 2.05) is 48.6 Å². The molecule has 0 N–H and O–H groups in total. The van der Waals surface area contributed by atoms with Gasteiger partial charge >= 0.3 is 0 Å². The maximum absolute atomic E-state index is 10.6. The molecule has 2 aromatic rings. The third-order valence-electron chi connectivity index (χ3n) is 7.36. The quantitative estimate of drug-likeness (QED) is 0.615. The fourth-order valence-electron chi connectivity index (χ4n) is 5.76. The van der Waals surface area contributed by atoms with E-state index in [0.717, 1.165) is 48.3 Å². The van der Waals surface area contributed by atoms with Crippen LogP contribution in [-0.4, -0.2) is 32.1 Å². The minimum Gasteiger partial charge on any atom is -0.493 e. The van der Waals surface area contributed by atoms with Gasteiger partial charge in [0.15, 0.2) is 16.9 Å².